The van der Waals surface area contributed by atoms with Crippen LogP contribution in [-0.4, -0.2) is 18.2 Å². The van der Waals surface area contributed by atoms with E-state index in [2.05, 4.69) is 0 Å². The number of ketones is 1. The number of nitrogens with zero attached hydrogens (tertiary/aromatic N) is 1. The number of rotatable bonds is 2. The molecule has 1 amide bonds. The van der Waals surface area contributed by atoms with Crippen molar-refractivity contribution in [3.63, 3.8) is 0 Å². The van der Waals surface area contributed by atoms with Crippen LogP contribution in [0, 0.1) is 0 Å². The van der Waals surface area contributed by atoms with Gasteiger partial charge < -0.3 is 4.90 Å². The van der Waals surface area contributed by atoms with Crippen LogP contribution in [0.2, 0.25) is 0 Å². The minimum atomic E-state index is -0.116. The molecule has 2 aromatic carbocycles. The summed E-state index contributed by atoms with van der Waals surface area (Å²) in [5.74, 6) is -0.134. The Hall–Kier alpha value is -2.42. The Morgan fingerprint density at radius 1 is 0.842 bits per heavy atom. The molecule has 0 saturated carbocycles. The maximum absolute atomic E-state index is 11.7. The standard InChI is InChI=1S/C16H13NO2/c18-15-10-16(19)17(11-15)14-8-4-7-13(9-14)12-5-2-1-3-6-12/h1-9H,10-11H2. The van der Waals surface area contributed by atoms with E-state index in [1.807, 2.05) is 54.6 Å². The van der Waals surface area contributed by atoms with Gasteiger partial charge in [-0.15, -0.1) is 0 Å². The lowest BCUT2D eigenvalue weighted by atomic mass is 10.1. The van der Waals surface area contributed by atoms with Crippen LogP contribution in [0.1, 0.15) is 6.42 Å². The molecular weight excluding hydrogens is 238 g/mol. The fraction of sp³-hybridized carbons (Fsp3) is 0.125. The lowest BCUT2D eigenvalue weighted by Gasteiger charge is -2.15. The van der Waals surface area contributed by atoms with Crippen molar-refractivity contribution in [1.82, 2.24) is 0 Å². The zero-order valence-corrected chi connectivity index (χ0v) is 10.4. The molecule has 1 heterocycles. The smallest absolute Gasteiger partial charge is 0.234 e. The normalized spacial score (nSPS) is 15.1. The molecule has 2 aromatic rings. The molecule has 3 rings (SSSR count). The van der Waals surface area contributed by atoms with Gasteiger partial charge in [0.15, 0.2) is 5.78 Å². The molecule has 19 heavy (non-hydrogen) atoms. The second-order valence-electron chi connectivity index (χ2n) is 4.61. The van der Waals surface area contributed by atoms with E-state index < -0.39 is 0 Å². The Bertz CT molecular complexity index is 634. The van der Waals surface area contributed by atoms with Gasteiger partial charge in [-0.25, -0.2) is 0 Å². The molecule has 1 saturated heterocycles. The molecule has 0 aliphatic carbocycles. The number of carbonyl (C=O) groups is 2. The van der Waals surface area contributed by atoms with Crippen molar-refractivity contribution >= 4 is 17.4 Å². The maximum atomic E-state index is 11.7. The summed E-state index contributed by atoms with van der Waals surface area (Å²) in [6.07, 6.45) is 0.0234. The Kier molecular flexibility index (Phi) is 2.88. The highest BCUT2D eigenvalue weighted by Crippen LogP contribution is 2.26. The number of hydrogen-bond acceptors (Lipinski definition) is 2. The van der Waals surface area contributed by atoms with Crippen molar-refractivity contribution in [3.05, 3.63) is 54.6 Å². The predicted octanol–water partition coefficient (Wildman–Crippen LogP) is 2.66. The average molecular weight is 251 g/mol. The van der Waals surface area contributed by atoms with Crippen molar-refractivity contribution in [2.45, 2.75) is 6.42 Å². The zero-order valence-electron chi connectivity index (χ0n) is 10.4. The van der Waals surface area contributed by atoms with E-state index >= 15 is 0 Å². The molecule has 0 atom stereocenters. The molecule has 0 spiro atoms. The average Bonchev–Trinajstić information content (AvgIpc) is 2.79. The van der Waals surface area contributed by atoms with E-state index in [0.717, 1.165) is 16.8 Å². The van der Waals surface area contributed by atoms with Crippen LogP contribution in [0.4, 0.5) is 5.69 Å². The lowest BCUT2D eigenvalue weighted by Crippen LogP contribution is -2.24. The minimum absolute atomic E-state index is 0.0184. The van der Waals surface area contributed by atoms with E-state index in [1.54, 1.807) is 4.90 Å². The van der Waals surface area contributed by atoms with Crippen LogP contribution in [0.3, 0.4) is 0 Å². The SMILES string of the molecule is O=C1CC(=O)N(c2cccc(-c3ccccc3)c2)C1. The van der Waals surface area contributed by atoms with E-state index in [9.17, 15) is 9.59 Å². The van der Waals surface area contributed by atoms with Gasteiger partial charge in [0.1, 0.15) is 0 Å². The van der Waals surface area contributed by atoms with Crippen molar-refractivity contribution in [3.8, 4) is 11.1 Å². The maximum Gasteiger partial charge on any atom is 0.234 e. The molecule has 0 bridgehead atoms. The predicted molar refractivity (Wildman–Crippen MR) is 73.9 cm³/mol. The Labute approximate surface area is 111 Å². The fourth-order valence-electron chi connectivity index (χ4n) is 2.30. The second-order valence-corrected chi connectivity index (χ2v) is 4.61. The van der Waals surface area contributed by atoms with Crippen molar-refractivity contribution < 1.29 is 9.59 Å². The van der Waals surface area contributed by atoms with Crippen LogP contribution in [-0.2, 0) is 9.59 Å². The number of carbonyl (C=O) groups excluding carboxylic acids is 2. The molecule has 1 aliphatic rings. The van der Waals surface area contributed by atoms with Crippen LogP contribution >= 0.6 is 0 Å². The highest BCUT2D eigenvalue weighted by Gasteiger charge is 2.28. The molecule has 0 radical (unpaired) electrons. The Balaban J connectivity index is 1.97. The molecule has 1 fully saturated rings. The van der Waals surface area contributed by atoms with E-state index in [4.69, 9.17) is 0 Å². The van der Waals surface area contributed by atoms with Gasteiger partial charge >= 0.3 is 0 Å². The monoisotopic (exact) mass is 251 g/mol. The number of Topliss-reactive ketones (excluding diaryl/α,β-unsaturated/α-hetero) is 1. The number of amides is 1. The summed E-state index contributed by atoms with van der Waals surface area (Å²) in [4.78, 5) is 24.6. The van der Waals surface area contributed by atoms with E-state index in [0.29, 0.717) is 0 Å². The summed E-state index contributed by atoms with van der Waals surface area (Å²) in [6.45, 7) is 0.192. The molecule has 0 aromatic heterocycles. The molecule has 0 unspecified atom stereocenters. The highest BCUT2D eigenvalue weighted by atomic mass is 16.2. The molecule has 0 N–H and O–H groups in total. The Morgan fingerprint density at radius 3 is 2.26 bits per heavy atom. The zero-order chi connectivity index (χ0) is 13.2. The van der Waals surface area contributed by atoms with Gasteiger partial charge in [-0.3, -0.25) is 9.59 Å². The number of benzene rings is 2. The first-order chi connectivity index (χ1) is 9.24. The van der Waals surface area contributed by atoms with E-state index in [-0.39, 0.29) is 24.7 Å². The third-order valence-electron chi connectivity index (χ3n) is 3.25. The molecule has 1 aliphatic heterocycles. The molecule has 3 heteroatoms. The quantitative estimate of drug-likeness (QED) is 0.769. The summed E-state index contributed by atoms with van der Waals surface area (Å²) in [6, 6.07) is 17.7. The first kappa shape index (κ1) is 11.7. The Morgan fingerprint density at radius 2 is 1.58 bits per heavy atom. The topological polar surface area (TPSA) is 37.4 Å². The van der Waals surface area contributed by atoms with Gasteiger partial charge in [-0.2, -0.15) is 0 Å². The largest absolute Gasteiger partial charge is 0.305 e. The van der Waals surface area contributed by atoms with Crippen molar-refractivity contribution in [1.29, 1.82) is 0 Å². The van der Waals surface area contributed by atoms with Crippen LogP contribution in [0.15, 0.2) is 54.6 Å². The summed E-state index contributed by atoms with van der Waals surface area (Å²) < 4.78 is 0. The van der Waals surface area contributed by atoms with Gasteiger partial charge in [0, 0.05) is 5.69 Å². The third-order valence-corrected chi connectivity index (χ3v) is 3.25. The summed E-state index contributed by atoms with van der Waals surface area (Å²) >= 11 is 0. The lowest BCUT2D eigenvalue weighted by molar-refractivity contribution is -0.121. The number of anilines is 1. The van der Waals surface area contributed by atoms with Gasteiger partial charge in [0.2, 0.25) is 5.91 Å². The second kappa shape index (κ2) is 4.69. The van der Waals surface area contributed by atoms with Crippen molar-refractivity contribution in [2.75, 3.05) is 11.4 Å². The third kappa shape index (κ3) is 2.27. The molecular formula is C16H13NO2. The van der Waals surface area contributed by atoms with E-state index in [1.165, 1.54) is 0 Å². The van der Waals surface area contributed by atoms with Gasteiger partial charge in [0.25, 0.3) is 0 Å². The summed E-state index contributed by atoms with van der Waals surface area (Å²) in [5.41, 5.74) is 2.93. The summed E-state index contributed by atoms with van der Waals surface area (Å²) in [7, 11) is 0. The van der Waals surface area contributed by atoms with Crippen LogP contribution in [0.25, 0.3) is 11.1 Å². The van der Waals surface area contributed by atoms with Crippen LogP contribution < -0.4 is 4.90 Å². The fourth-order valence-corrected chi connectivity index (χ4v) is 2.30. The van der Waals surface area contributed by atoms with Gasteiger partial charge in [-0.05, 0) is 23.3 Å². The number of hydrogen-bond donors (Lipinski definition) is 0. The first-order valence-electron chi connectivity index (χ1n) is 6.21. The van der Waals surface area contributed by atoms with Gasteiger partial charge in [-0.1, -0.05) is 42.5 Å². The van der Waals surface area contributed by atoms with Gasteiger partial charge in [0.05, 0.1) is 13.0 Å². The minimum Gasteiger partial charge on any atom is -0.305 e. The highest BCUT2D eigenvalue weighted by molar-refractivity contribution is 6.15. The molecule has 94 valence electrons. The van der Waals surface area contributed by atoms with Crippen molar-refractivity contribution in [2.24, 2.45) is 0 Å². The summed E-state index contributed by atoms with van der Waals surface area (Å²) in [5, 5.41) is 0. The molecule has 3 nitrogen and oxygen atoms in total. The van der Waals surface area contributed by atoms with Crippen LogP contribution in [0.5, 0.6) is 0 Å². The first-order valence-corrected chi connectivity index (χ1v) is 6.21.